The maximum absolute atomic E-state index is 9.19. The van der Waals surface area contributed by atoms with E-state index in [0.29, 0.717) is 4.77 Å². The van der Waals surface area contributed by atoms with Crippen LogP contribution in [0.2, 0.25) is 0 Å². The molecule has 17 heavy (non-hydrogen) atoms. The molecule has 1 heterocycles. The summed E-state index contributed by atoms with van der Waals surface area (Å²) < 4.78 is 2.61. The van der Waals surface area contributed by atoms with E-state index in [-0.39, 0.29) is 6.61 Å². The summed E-state index contributed by atoms with van der Waals surface area (Å²) in [6.45, 7) is 2.90. The number of aromatic nitrogens is 2. The molecule has 0 amide bonds. The number of hydrogen-bond acceptors (Lipinski definition) is 2. The van der Waals surface area contributed by atoms with Crippen LogP contribution in [0.4, 0.5) is 0 Å². The fraction of sp³-hybridized carbons (Fsp3) is 0.308. The van der Waals surface area contributed by atoms with E-state index in [1.807, 2.05) is 4.57 Å². The number of nitrogens with one attached hydrogen (secondary N) is 1. The Labute approximate surface area is 106 Å². The Balaban J connectivity index is 2.12. The molecule has 0 aliphatic carbocycles. The molecule has 0 aliphatic heterocycles. The fourth-order valence-corrected chi connectivity index (χ4v) is 2.18. The Morgan fingerprint density at radius 2 is 2.24 bits per heavy atom. The monoisotopic (exact) mass is 248 g/mol. The van der Waals surface area contributed by atoms with Gasteiger partial charge < -0.3 is 14.7 Å². The van der Waals surface area contributed by atoms with Crippen molar-refractivity contribution in [2.45, 2.75) is 26.5 Å². The van der Waals surface area contributed by atoms with E-state index in [1.54, 1.807) is 6.20 Å². The van der Waals surface area contributed by atoms with Crippen LogP contribution in [0, 0.1) is 11.7 Å². The Hall–Kier alpha value is -1.39. The number of aromatic amines is 1. The number of aliphatic hydroxyl groups excluding tert-OH is 1. The Morgan fingerprint density at radius 3 is 2.94 bits per heavy atom. The third kappa shape index (κ3) is 2.84. The lowest BCUT2D eigenvalue weighted by molar-refractivity contribution is 0.270. The van der Waals surface area contributed by atoms with Crippen molar-refractivity contribution in [1.82, 2.24) is 9.55 Å². The second-order valence-electron chi connectivity index (χ2n) is 4.13. The molecule has 0 fully saturated rings. The topological polar surface area (TPSA) is 41.0 Å². The molecule has 2 N–H and O–H groups in total. The summed E-state index contributed by atoms with van der Waals surface area (Å²) in [6, 6.07) is 8.44. The van der Waals surface area contributed by atoms with Gasteiger partial charge in [0.05, 0.1) is 12.3 Å². The van der Waals surface area contributed by atoms with Gasteiger partial charge in [0.2, 0.25) is 0 Å². The van der Waals surface area contributed by atoms with Crippen molar-refractivity contribution in [3.8, 4) is 0 Å². The summed E-state index contributed by atoms with van der Waals surface area (Å²) in [7, 11) is 0. The predicted octanol–water partition coefficient (Wildman–Crippen LogP) is 2.59. The molecule has 90 valence electrons. The molecule has 0 saturated carbocycles. The first-order valence-corrected chi connectivity index (χ1v) is 6.05. The summed E-state index contributed by atoms with van der Waals surface area (Å²) >= 11 is 5.18. The number of hydrogen-bond donors (Lipinski definition) is 2. The number of nitrogens with zero attached hydrogens (tertiary/aromatic N) is 1. The second kappa shape index (κ2) is 5.29. The summed E-state index contributed by atoms with van der Waals surface area (Å²) in [5.74, 6) is 0. The largest absolute Gasteiger partial charge is 0.390 e. The molecular formula is C13H16N2OS. The lowest BCUT2D eigenvalue weighted by Gasteiger charge is -2.07. The Bertz CT molecular complexity index is 557. The van der Waals surface area contributed by atoms with Gasteiger partial charge >= 0.3 is 0 Å². The average Bonchev–Trinajstić information content (AvgIpc) is 2.67. The molecule has 0 bridgehead atoms. The summed E-state index contributed by atoms with van der Waals surface area (Å²) in [6.07, 6.45) is 2.68. The average molecular weight is 248 g/mol. The number of aryl methyl sites for hydroxylation is 2. The second-order valence-corrected chi connectivity index (χ2v) is 4.52. The molecule has 0 unspecified atom stereocenters. The van der Waals surface area contributed by atoms with E-state index in [2.05, 4.69) is 36.2 Å². The minimum atomic E-state index is 0.0148. The molecule has 1 aromatic heterocycles. The highest BCUT2D eigenvalue weighted by Crippen LogP contribution is 2.08. The lowest BCUT2D eigenvalue weighted by atomic mass is 10.1. The minimum Gasteiger partial charge on any atom is -0.390 e. The molecule has 0 aliphatic rings. The van der Waals surface area contributed by atoms with Gasteiger partial charge in [-0.25, -0.2) is 0 Å². The van der Waals surface area contributed by atoms with Crippen LogP contribution in [0.5, 0.6) is 0 Å². The van der Waals surface area contributed by atoms with E-state index < -0.39 is 0 Å². The molecule has 0 saturated heterocycles. The normalized spacial score (nSPS) is 10.7. The van der Waals surface area contributed by atoms with Crippen LogP contribution >= 0.6 is 12.2 Å². The summed E-state index contributed by atoms with van der Waals surface area (Å²) in [5, 5.41) is 9.19. The SMILES string of the molecule is Cc1cccc(CCn2c(CO)c[nH]c2=S)c1. The van der Waals surface area contributed by atoms with Gasteiger partial charge in [-0.2, -0.15) is 0 Å². The zero-order valence-electron chi connectivity index (χ0n) is 9.81. The van der Waals surface area contributed by atoms with Crippen molar-refractivity contribution < 1.29 is 5.11 Å². The van der Waals surface area contributed by atoms with Crippen molar-refractivity contribution in [2.75, 3.05) is 0 Å². The van der Waals surface area contributed by atoms with Crippen molar-refractivity contribution >= 4 is 12.2 Å². The number of H-pyrrole nitrogens is 1. The van der Waals surface area contributed by atoms with Gasteiger partial charge in [-0.3, -0.25) is 0 Å². The molecule has 0 atom stereocenters. The molecule has 0 spiro atoms. The number of benzene rings is 1. The van der Waals surface area contributed by atoms with Crippen LogP contribution in [0.15, 0.2) is 30.5 Å². The highest BCUT2D eigenvalue weighted by Gasteiger charge is 2.03. The first-order chi connectivity index (χ1) is 8.20. The number of aliphatic hydroxyl groups is 1. The van der Waals surface area contributed by atoms with Gasteiger partial charge in [-0.05, 0) is 31.1 Å². The number of imidazole rings is 1. The predicted molar refractivity (Wildman–Crippen MR) is 70.4 cm³/mol. The number of rotatable bonds is 4. The molecular weight excluding hydrogens is 232 g/mol. The maximum Gasteiger partial charge on any atom is 0.177 e. The van der Waals surface area contributed by atoms with Gasteiger partial charge in [0.1, 0.15) is 0 Å². The quantitative estimate of drug-likeness (QED) is 0.817. The first-order valence-electron chi connectivity index (χ1n) is 5.64. The third-order valence-corrected chi connectivity index (χ3v) is 3.16. The van der Waals surface area contributed by atoms with E-state index in [9.17, 15) is 5.11 Å². The zero-order chi connectivity index (χ0) is 12.3. The summed E-state index contributed by atoms with van der Waals surface area (Å²) in [5.41, 5.74) is 3.39. The van der Waals surface area contributed by atoms with Gasteiger partial charge in [0.25, 0.3) is 0 Å². The van der Waals surface area contributed by atoms with Crippen LogP contribution < -0.4 is 0 Å². The zero-order valence-corrected chi connectivity index (χ0v) is 10.6. The fourth-order valence-electron chi connectivity index (χ4n) is 1.92. The highest BCUT2D eigenvalue weighted by molar-refractivity contribution is 7.71. The highest BCUT2D eigenvalue weighted by atomic mass is 32.1. The minimum absolute atomic E-state index is 0.0148. The van der Waals surface area contributed by atoms with E-state index in [1.165, 1.54) is 11.1 Å². The van der Waals surface area contributed by atoms with Crippen LogP contribution in [0.25, 0.3) is 0 Å². The maximum atomic E-state index is 9.19. The van der Waals surface area contributed by atoms with E-state index in [4.69, 9.17) is 12.2 Å². The van der Waals surface area contributed by atoms with Crippen LogP contribution in [0.3, 0.4) is 0 Å². The molecule has 4 heteroatoms. The van der Waals surface area contributed by atoms with Gasteiger partial charge in [0.15, 0.2) is 4.77 Å². The third-order valence-electron chi connectivity index (χ3n) is 2.82. The van der Waals surface area contributed by atoms with Crippen molar-refractivity contribution in [3.05, 3.63) is 52.1 Å². The van der Waals surface area contributed by atoms with Crippen molar-refractivity contribution in [2.24, 2.45) is 0 Å². The van der Waals surface area contributed by atoms with Gasteiger partial charge in [-0.15, -0.1) is 0 Å². The Morgan fingerprint density at radius 1 is 1.41 bits per heavy atom. The van der Waals surface area contributed by atoms with Crippen LogP contribution in [-0.2, 0) is 19.6 Å². The lowest BCUT2D eigenvalue weighted by Crippen LogP contribution is -2.05. The van der Waals surface area contributed by atoms with Gasteiger partial charge in [-0.1, -0.05) is 29.8 Å². The first kappa shape index (κ1) is 12.1. The van der Waals surface area contributed by atoms with Crippen molar-refractivity contribution in [1.29, 1.82) is 0 Å². The van der Waals surface area contributed by atoms with Crippen LogP contribution in [0.1, 0.15) is 16.8 Å². The van der Waals surface area contributed by atoms with Crippen LogP contribution in [-0.4, -0.2) is 14.7 Å². The molecule has 2 aromatic rings. The smallest absolute Gasteiger partial charge is 0.177 e. The molecule has 1 aromatic carbocycles. The van der Waals surface area contributed by atoms with E-state index in [0.717, 1.165) is 18.7 Å². The van der Waals surface area contributed by atoms with Gasteiger partial charge in [0, 0.05) is 12.7 Å². The Kier molecular flexibility index (Phi) is 3.76. The molecule has 0 radical (unpaired) electrons. The summed E-state index contributed by atoms with van der Waals surface area (Å²) in [4.78, 5) is 2.95. The van der Waals surface area contributed by atoms with E-state index >= 15 is 0 Å². The molecule has 3 nitrogen and oxygen atoms in total. The van der Waals surface area contributed by atoms with Crippen molar-refractivity contribution in [3.63, 3.8) is 0 Å². The molecule has 2 rings (SSSR count). The standard InChI is InChI=1S/C13H16N2OS/c1-10-3-2-4-11(7-10)5-6-15-12(9-16)8-14-13(15)17/h2-4,7-8,16H,5-6,9H2,1H3,(H,14,17).